The lowest BCUT2D eigenvalue weighted by atomic mass is 10.1. The van der Waals surface area contributed by atoms with Crippen LogP contribution in [0.3, 0.4) is 0 Å². The van der Waals surface area contributed by atoms with Crippen LogP contribution in [0.25, 0.3) is 0 Å². The van der Waals surface area contributed by atoms with Gasteiger partial charge in [0, 0.05) is 25.3 Å². The number of aromatic nitrogens is 1. The molecule has 0 aliphatic heterocycles. The maximum atomic E-state index is 9.46. The van der Waals surface area contributed by atoms with Crippen molar-refractivity contribution in [1.29, 1.82) is 0 Å². The Hall–Kier alpha value is -1.19. The molecule has 0 bridgehead atoms. The molecule has 1 heterocycles. The molecule has 3 heteroatoms. The Morgan fingerprint density at radius 1 is 1.44 bits per heavy atom. The van der Waals surface area contributed by atoms with Crippen molar-refractivity contribution in [2.24, 2.45) is 0 Å². The number of aliphatic hydroxyl groups excluding tert-OH is 1. The van der Waals surface area contributed by atoms with Crippen LogP contribution in [-0.2, 0) is 6.54 Å². The van der Waals surface area contributed by atoms with Crippen LogP contribution in [-0.4, -0.2) is 34.2 Å². The second-order valence-corrected chi connectivity index (χ2v) is 4.78. The SMILES string of the molecule is CC[C@H](CO)N(CC=C(C)C)Cc1ccccn1. The van der Waals surface area contributed by atoms with E-state index in [2.05, 4.69) is 36.7 Å². The molecule has 1 atom stereocenters. The molecule has 3 nitrogen and oxygen atoms in total. The molecule has 100 valence electrons. The van der Waals surface area contributed by atoms with Crippen molar-refractivity contribution >= 4 is 0 Å². The Morgan fingerprint density at radius 2 is 2.22 bits per heavy atom. The van der Waals surface area contributed by atoms with Crippen molar-refractivity contribution < 1.29 is 5.11 Å². The fourth-order valence-electron chi connectivity index (χ4n) is 1.85. The summed E-state index contributed by atoms with van der Waals surface area (Å²) in [6.45, 7) is 8.13. The Labute approximate surface area is 110 Å². The van der Waals surface area contributed by atoms with E-state index in [0.717, 1.165) is 25.2 Å². The minimum atomic E-state index is 0.194. The van der Waals surface area contributed by atoms with Gasteiger partial charge in [-0.2, -0.15) is 0 Å². The van der Waals surface area contributed by atoms with Gasteiger partial charge in [0.15, 0.2) is 0 Å². The van der Waals surface area contributed by atoms with Crippen molar-refractivity contribution in [3.63, 3.8) is 0 Å². The van der Waals surface area contributed by atoms with Gasteiger partial charge in [0.2, 0.25) is 0 Å². The molecule has 0 aromatic carbocycles. The van der Waals surface area contributed by atoms with Crippen LogP contribution in [0.1, 0.15) is 32.9 Å². The summed E-state index contributed by atoms with van der Waals surface area (Å²) in [7, 11) is 0. The molecule has 1 aromatic heterocycles. The highest BCUT2D eigenvalue weighted by Gasteiger charge is 2.15. The smallest absolute Gasteiger partial charge is 0.0587 e. The Balaban J connectivity index is 2.73. The topological polar surface area (TPSA) is 36.4 Å². The number of hydrogen-bond acceptors (Lipinski definition) is 3. The van der Waals surface area contributed by atoms with Crippen LogP contribution in [0.15, 0.2) is 36.0 Å². The van der Waals surface area contributed by atoms with Crippen LogP contribution < -0.4 is 0 Å². The third-order valence-corrected chi connectivity index (χ3v) is 3.02. The largest absolute Gasteiger partial charge is 0.395 e. The fraction of sp³-hybridized carbons (Fsp3) is 0.533. The Bertz CT molecular complexity index is 354. The van der Waals surface area contributed by atoms with E-state index in [0.29, 0.717) is 0 Å². The highest BCUT2D eigenvalue weighted by molar-refractivity contribution is 5.04. The van der Waals surface area contributed by atoms with Crippen molar-refractivity contribution in [2.75, 3.05) is 13.2 Å². The summed E-state index contributed by atoms with van der Waals surface area (Å²) in [5.41, 5.74) is 2.35. The summed E-state index contributed by atoms with van der Waals surface area (Å²) < 4.78 is 0. The summed E-state index contributed by atoms with van der Waals surface area (Å²) >= 11 is 0. The van der Waals surface area contributed by atoms with Crippen molar-refractivity contribution in [3.8, 4) is 0 Å². The molecule has 18 heavy (non-hydrogen) atoms. The van der Waals surface area contributed by atoms with Crippen molar-refractivity contribution in [1.82, 2.24) is 9.88 Å². The van der Waals surface area contributed by atoms with Gasteiger partial charge in [-0.05, 0) is 32.4 Å². The highest BCUT2D eigenvalue weighted by atomic mass is 16.3. The highest BCUT2D eigenvalue weighted by Crippen LogP contribution is 2.09. The number of hydrogen-bond donors (Lipinski definition) is 1. The molecule has 0 radical (unpaired) electrons. The molecule has 1 N–H and O–H groups in total. The average Bonchev–Trinajstić information content (AvgIpc) is 2.38. The molecule has 0 aliphatic carbocycles. The Kier molecular flexibility index (Phi) is 6.61. The molecular weight excluding hydrogens is 224 g/mol. The molecule has 0 saturated carbocycles. The Morgan fingerprint density at radius 3 is 2.72 bits per heavy atom. The third kappa shape index (κ3) is 4.98. The van der Waals surface area contributed by atoms with E-state index in [9.17, 15) is 5.11 Å². The van der Waals surface area contributed by atoms with Crippen LogP contribution in [0.4, 0.5) is 0 Å². The molecule has 0 aliphatic rings. The van der Waals surface area contributed by atoms with Crippen molar-refractivity contribution in [3.05, 3.63) is 41.7 Å². The van der Waals surface area contributed by atoms with Gasteiger partial charge in [-0.25, -0.2) is 0 Å². The quantitative estimate of drug-likeness (QED) is 0.754. The lowest BCUT2D eigenvalue weighted by Crippen LogP contribution is -2.37. The van der Waals surface area contributed by atoms with Crippen molar-refractivity contribution in [2.45, 2.75) is 39.8 Å². The molecule has 0 fully saturated rings. The van der Waals surface area contributed by atoms with Crippen LogP contribution in [0.5, 0.6) is 0 Å². The molecule has 0 unspecified atom stereocenters. The van der Waals surface area contributed by atoms with E-state index >= 15 is 0 Å². The molecule has 0 amide bonds. The first kappa shape index (κ1) is 14.9. The summed E-state index contributed by atoms with van der Waals surface area (Å²) in [5, 5.41) is 9.46. The zero-order valence-electron chi connectivity index (χ0n) is 11.6. The zero-order chi connectivity index (χ0) is 13.4. The number of rotatable bonds is 7. The number of pyridine rings is 1. The predicted molar refractivity (Wildman–Crippen MR) is 75.2 cm³/mol. The number of nitrogens with zero attached hydrogens (tertiary/aromatic N) is 2. The molecule has 0 spiro atoms. The van der Waals surface area contributed by atoms with Crippen LogP contribution in [0, 0.1) is 0 Å². The average molecular weight is 248 g/mol. The van der Waals surface area contributed by atoms with E-state index < -0.39 is 0 Å². The van der Waals surface area contributed by atoms with E-state index in [1.165, 1.54) is 5.57 Å². The van der Waals surface area contributed by atoms with Crippen LogP contribution >= 0.6 is 0 Å². The fourth-order valence-corrected chi connectivity index (χ4v) is 1.85. The first-order chi connectivity index (χ1) is 8.67. The van der Waals surface area contributed by atoms with Crippen LogP contribution in [0.2, 0.25) is 0 Å². The van der Waals surface area contributed by atoms with Gasteiger partial charge < -0.3 is 5.11 Å². The van der Waals surface area contributed by atoms with E-state index in [-0.39, 0.29) is 12.6 Å². The monoisotopic (exact) mass is 248 g/mol. The second kappa shape index (κ2) is 8.01. The van der Waals surface area contributed by atoms with Gasteiger partial charge in [0.25, 0.3) is 0 Å². The lowest BCUT2D eigenvalue weighted by molar-refractivity contribution is 0.123. The molecule has 0 saturated heterocycles. The molecule has 1 aromatic rings. The van der Waals surface area contributed by atoms with Gasteiger partial charge in [-0.15, -0.1) is 0 Å². The minimum Gasteiger partial charge on any atom is -0.395 e. The van der Waals surface area contributed by atoms with Gasteiger partial charge in [0.05, 0.1) is 12.3 Å². The third-order valence-electron chi connectivity index (χ3n) is 3.02. The maximum Gasteiger partial charge on any atom is 0.0587 e. The van der Waals surface area contributed by atoms with E-state index in [1.807, 2.05) is 24.4 Å². The summed E-state index contributed by atoms with van der Waals surface area (Å²) in [6, 6.07) is 6.15. The predicted octanol–water partition coefficient (Wildman–Crippen LogP) is 2.62. The first-order valence-corrected chi connectivity index (χ1v) is 6.55. The first-order valence-electron chi connectivity index (χ1n) is 6.55. The van der Waals surface area contributed by atoms with Gasteiger partial charge >= 0.3 is 0 Å². The zero-order valence-corrected chi connectivity index (χ0v) is 11.6. The summed E-state index contributed by atoms with van der Waals surface area (Å²) in [6.07, 6.45) is 4.95. The molecular formula is C15H24N2O. The minimum absolute atomic E-state index is 0.194. The maximum absolute atomic E-state index is 9.46. The summed E-state index contributed by atoms with van der Waals surface area (Å²) in [4.78, 5) is 6.63. The van der Waals surface area contributed by atoms with Gasteiger partial charge in [-0.1, -0.05) is 24.6 Å². The summed E-state index contributed by atoms with van der Waals surface area (Å²) in [5.74, 6) is 0. The standard InChI is InChI=1S/C15H24N2O/c1-4-15(12-18)17(10-8-13(2)3)11-14-7-5-6-9-16-14/h5-9,15,18H,4,10-12H2,1-3H3/t15-/m1/s1. The van der Waals surface area contributed by atoms with Gasteiger partial charge in [0.1, 0.15) is 0 Å². The van der Waals surface area contributed by atoms with E-state index in [4.69, 9.17) is 0 Å². The molecule has 1 rings (SSSR count). The number of aliphatic hydroxyl groups is 1. The second-order valence-electron chi connectivity index (χ2n) is 4.78. The normalized spacial score (nSPS) is 12.5. The lowest BCUT2D eigenvalue weighted by Gasteiger charge is -2.28. The number of allylic oxidation sites excluding steroid dienone is 1. The van der Waals surface area contributed by atoms with Gasteiger partial charge in [-0.3, -0.25) is 9.88 Å². The van der Waals surface area contributed by atoms with E-state index in [1.54, 1.807) is 0 Å².